The predicted molar refractivity (Wildman–Crippen MR) is 207 cm³/mol. The molecule has 3 aliphatic rings. The van der Waals surface area contributed by atoms with Crippen molar-refractivity contribution in [2.45, 2.75) is 120 Å². The van der Waals surface area contributed by atoms with Gasteiger partial charge < -0.3 is 24.4 Å². The fourth-order valence-electron chi connectivity index (χ4n) is 6.84. The Morgan fingerprint density at radius 3 is 2.45 bits per heavy atom. The van der Waals surface area contributed by atoms with Crippen molar-refractivity contribution >= 4 is 56.3 Å². The van der Waals surface area contributed by atoms with E-state index in [1.54, 1.807) is 45.9 Å². The molecule has 2 N–H and O–H groups in total. The molecule has 55 heavy (non-hydrogen) atoms. The normalized spacial score (nSPS) is 23.3. The number of nitrogens with one attached hydrogen (secondary N) is 2. The van der Waals surface area contributed by atoms with Gasteiger partial charge in [-0.15, -0.1) is 13.2 Å². The Bertz CT molecular complexity index is 1950. The highest BCUT2D eigenvalue weighted by Crippen LogP contribution is 2.47. The van der Waals surface area contributed by atoms with Crippen LogP contribution in [0.25, 0.3) is 11.0 Å². The van der Waals surface area contributed by atoms with Crippen LogP contribution in [0, 0.1) is 11.8 Å². The zero-order valence-electron chi connectivity index (χ0n) is 32.2. The van der Waals surface area contributed by atoms with Gasteiger partial charge in [-0.05, 0) is 78.4 Å². The number of methoxy groups -OCH3 is 1. The Balaban J connectivity index is 1.43. The number of hydrogen-bond donors (Lipinski definition) is 2. The Hall–Kier alpha value is -4.24. The Labute approximate surface area is 327 Å². The molecule has 2 aliphatic carbocycles. The van der Waals surface area contributed by atoms with Crippen LogP contribution in [0.1, 0.15) is 91.9 Å². The van der Waals surface area contributed by atoms with E-state index in [2.05, 4.69) is 33.2 Å². The first-order chi connectivity index (χ1) is 25.8. The van der Waals surface area contributed by atoms with Gasteiger partial charge in [-0.3, -0.25) is 23.9 Å². The molecule has 16 heteroatoms. The van der Waals surface area contributed by atoms with Gasteiger partial charge in [0.2, 0.25) is 21.8 Å². The summed E-state index contributed by atoms with van der Waals surface area (Å²) < 4.78 is 44.3. The van der Waals surface area contributed by atoms with E-state index in [0.717, 1.165) is 19.3 Å². The zero-order chi connectivity index (χ0) is 40.3. The van der Waals surface area contributed by atoms with Crippen molar-refractivity contribution in [3.05, 3.63) is 48.7 Å². The molecule has 14 nitrogen and oxygen atoms in total. The summed E-state index contributed by atoms with van der Waals surface area (Å²) in [5.41, 5.74) is -1.42. The number of amides is 3. The molecule has 5 rings (SSSR count). The Morgan fingerprint density at radius 2 is 1.84 bits per heavy atom. The van der Waals surface area contributed by atoms with Crippen LogP contribution in [-0.4, -0.2) is 88.7 Å². The number of carbonyl (C=O) groups is 4. The van der Waals surface area contributed by atoms with Crippen molar-refractivity contribution < 1.29 is 41.8 Å². The van der Waals surface area contributed by atoms with E-state index in [9.17, 15) is 27.6 Å². The number of hydrogen-bond acceptors (Lipinski definition) is 11. The molecule has 3 fully saturated rings. The molecule has 1 aromatic carbocycles. The number of unbranched alkanes of at least 4 members (excludes halogenated alkanes) is 3. The molecule has 3 amide bonds. The first-order valence-corrected chi connectivity index (χ1v) is 20.5. The summed E-state index contributed by atoms with van der Waals surface area (Å²) in [5.74, 6) is -3.40. The Kier molecular flexibility index (Phi) is 12.5. The average molecular weight is 802 g/mol. The van der Waals surface area contributed by atoms with Gasteiger partial charge in [0.25, 0.3) is 11.8 Å². The highest BCUT2D eigenvalue weighted by molar-refractivity contribution is 7.91. The van der Waals surface area contributed by atoms with Crippen molar-refractivity contribution in [3.8, 4) is 11.6 Å². The number of aromatic nitrogens is 2. The summed E-state index contributed by atoms with van der Waals surface area (Å²) in [7, 11) is -2.49. The summed E-state index contributed by atoms with van der Waals surface area (Å²) in [5, 5.41) is 2.77. The van der Waals surface area contributed by atoms with Crippen molar-refractivity contribution in [2.24, 2.45) is 11.8 Å². The summed E-state index contributed by atoms with van der Waals surface area (Å²) in [4.78, 5) is 65.9. The number of benzene rings is 1. The number of rotatable bonds is 18. The zero-order valence-corrected chi connectivity index (χ0v) is 33.8. The van der Waals surface area contributed by atoms with Crippen LogP contribution in [0.15, 0.2) is 43.5 Å². The lowest BCUT2D eigenvalue weighted by atomic mass is 9.95. The number of ether oxygens (including phenoxy) is 3. The number of carbonyl (C=O) groups excluding carboxylic acids is 4. The Morgan fingerprint density at radius 1 is 1.11 bits per heavy atom. The third-order valence-electron chi connectivity index (χ3n) is 10.5. The van der Waals surface area contributed by atoms with Crippen LogP contribution in [0.5, 0.6) is 11.6 Å². The standard InChI is InChI=1S/C39H52ClN5O9S/c1-8-10-11-12-13-14-24(19-31(46)54-37(3,4)5)35(48)45-23-27(53-34-32(40)41-28-16-15-26(52-7)20-29(28)42-34)21-30(45)33(47)43-39(22-25(39)9-2)36(49)44-55(50,51)38(6)17-18-38/h8-9,15-16,20,24-25,27,30H,1-2,10-14,17-19,21-23H2,3-7H3,(H,43,47)(H,44,49)/t24-,25-,27-,30+,39-/m1/s1. The second-order valence-corrected chi connectivity index (χ2v) is 18.5. The minimum atomic E-state index is -4.01. The minimum absolute atomic E-state index is 0.0167. The third kappa shape index (κ3) is 9.77. The van der Waals surface area contributed by atoms with Crippen molar-refractivity contribution in [1.82, 2.24) is 24.9 Å². The second kappa shape index (κ2) is 16.5. The monoisotopic (exact) mass is 801 g/mol. The van der Waals surface area contributed by atoms with Crippen molar-refractivity contribution in [1.29, 1.82) is 0 Å². The first kappa shape index (κ1) is 41.9. The summed E-state index contributed by atoms with van der Waals surface area (Å²) >= 11 is 6.51. The van der Waals surface area contributed by atoms with Gasteiger partial charge in [0.05, 0.1) is 35.9 Å². The smallest absolute Gasteiger partial charge is 0.307 e. The van der Waals surface area contributed by atoms with Crippen molar-refractivity contribution in [3.63, 3.8) is 0 Å². The molecule has 0 bridgehead atoms. The van der Waals surface area contributed by atoms with Crippen LogP contribution >= 0.6 is 11.6 Å². The average Bonchev–Trinajstić information content (AvgIpc) is 4.00. The molecule has 0 unspecified atom stereocenters. The fourth-order valence-corrected chi connectivity index (χ4v) is 8.33. The van der Waals surface area contributed by atoms with E-state index < -0.39 is 73.6 Å². The highest BCUT2D eigenvalue weighted by Gasteiger charge is 2.63. The van der Waals surface area contributed by atoms with Crippen LogP contribution in [0.2, 0.25) is 5.15 Å². The van der Waals surface area contributed by atoms with Gasteiger partial charge in [0, 0.05) is 24.3 Å². The number of halogens is 1. The second-order valence-electron chi connectivity index (χ2n) is 16.0. The maximum absolute atomic E-state index is 14.6. The fraction of sp³-hybridized carbons (Fsp3) is 0.590. The molecule has 1 aromatic heterocycles. The van der Waals surface area contributed by atoms with Gasteiger partial charge in [-0.1, -0.05) is 36.6 Å². The predicted octanol–water partition coefficient (Wildman–Crippen LogP) is 5.18. The van der Waals surface area contributed by atoms with E-state index in [1.165, 1.54) is 18.1 Å². The summed E-state index contributed by atoms with van der Waals surface area (Å²) in [6.45, 7) is 14.3. The largest absolute Gasteiger partial charge is 0.497 e. The lowest BCUT2D eigenvalue weighted by Gasteiger charge is -2.30. The molecule has 5 atom stereocenters. The van der Waals surface area contributed by atoms with Crippen LogP contribution in [-0.2, 0) is 33.9 Å². The van der Waals surface area contributed by atoms with Crippen LogP contribution < -0.4 is 19.5 Å². The van der Waals surface area contributed by atoms with E-state index in [4.69, 9.17) is 25.8 Å². The van der Waals surface area contributed by atoms with Crippen LogP contribution in [0.4, 0.5) is 0 Å². The third-order valence-corrected chi connectivity index (χ3v) is 12.9. The van der Waals surface area contributed by atoms with Gasteiger partial charge >= 0.3 is 5.97 Å². The van der Waals surface area contributed by atoms with E-state index in [1.807, 2.05) is 6.08 Å². The maximum atomic E-state index is 14.6. The van der Waals surface area contributed by atoms with Gasteiger partial charge in [-0.25, -0.2) is 18.4 Å². The number of likely N-dealkylation sites (tertiary alicyclic amines) is 1. The summed E-state index contributed by atoms with van der Waals surface area (Å²) in [6, 6.07) is 3.92. The molecule has 2 saturated carbocycles. The number of nitrogens with zero attached hydrogens (tertiary/aromatic N) is 3. The van der Waals surface area contributed by atoms with Crippen LogP contribution in [0.3, 0.4) is 0 Å². The molecular formula is C39H52ClN5O9S. The number of esters is 1. The van der Waals surface area contributed by atoms with Gasteiger partial charge in [-0.2, -0.15) is 0 Å². The van der Waals surface area contributed by atoms with E-state index in [0.29, 0.717) is 42.5 Å². The highest BCUT2D eigenvalue weighted by atomic mass is 35.5. The quantitative estimate of drug-likeness (QED) is 0.115. The molecule has 0 spiro atoms. The molecule has 1 saturated heterocycles. The number of allylic oxidation sites excluding steroid dienone is 1. The number of sulfonamides is 1. The SMILES string of the molecule is C=CCCCCC[C@H](CC(=O)OC(C)(C)C)C(=O)N1C[C@H](Oc2nc3cc(OC)ccc3nc2Cl)C[C@H]1C(=O)N[C@]1(C(=O)NS(=O)(=O)C2(C)CC2)C[C@H]1C=C. The molecule has 2 aromatic rings. The van der Waals surface area contributed by atoms with Crippen molar-refractivity contribution in [2.75, 3.05) is 13.7 Å². The molecule has 1 aliphatic heterocycles. The maximum Gasteiger partial charge on any atom is 0.307 e. The lowest BCUT2D eigenvalue weighted by molar-refractivity contribution is -0.159. The summed E-state index contributed by atoms with van der Waals surface area (Å²) in [6.07, 6.45) is 6.70. The molecule has 0 radical (unpaired) electrons. The van der Waals surface area contributed by atoms with E-state index >= 15 is 0 Å². The van der Waals surface area contributed by atoms with Gasteiger partial charge in [0.1, 0.15) is 29.0 Å². The van der Waals surface area contributed by atoms with E-state index in [-0.39, 0.29) is 36.8 Å². The number of fused-ring (bicyclic) bond motifs is 1. The van der Waals surface area contributed by atoms with Gasteiger partial charge in [0.15, 0.2) is 5.15 Å². The lowest BCUT2D eigenvalue weighted by Crippen LogP contribution is -2.57. The molecule has 300 valence electrons. The molecule has 2 heterocycles. The minimum Gasteiger partial charge on any atom is -0.497 e. The molecular weight excluding hydrogens is 750 g/mol. The topological polar surface area (TPSA) is 183 Å². The first-order valence-electron chi connectivity index (χ1n) is 18.7.